The molecule has 0 radical (unpaired) electrons. The van der Waals surface area contributed by atoms with Crippen molar-refractivity contribution in [2.45, 2.75) is 31.8 Å². The molecule has 8 nitrogen and oxygen atoms in total. The molecule has 1 fully saturated rings. The number of esters is 1. The van der Waals surface area contributed by atoms with Gasteiger partial charge in [-0.2, -0.15) is 0 Å². The van der Waals surface area contributed by atoms with E-state index in [4.69, 9.17) is 14.9 Å². The van der Waals surface area contributed by atoms with Crippen LogP contribution in [0, 0.1) is 0 Å². The molecule has 1 aliphatic heterocycles. The van der Waals surface area contributed by atoms with Crippen LogP contribution < -0.4 is 5.32 Å². The molecule has 2 atom stereocenters. The van der Waals surface area contributed by atoms with Gasteiger partial charge in [-0.25, -0.2) is 14.4 Å². The molecule has 0 aromatic carbocycles. The highest BCUT2D eigenvalue weighted by atomic mass is 16.5. The van der Waals surface area contributed by atoms with E-state index in [0.29, 0.717) is 19.4 Å². The van der Waals surface area contributed by atoms with Gasteiger partial charge in [0.1, 0.15) is 6.04 Å². The Hall–Kier alpha value is -1.83. The highest BCUT2D eigenvalue weighted by Gasteiger charge is 2.36. The molecule has 0 saturated carbocycles. The van der Waals surface area contributed by atoms with E-state index in [9.17, 15) is 14.4 Å². The summed E-state index contributed by atoms with van der Waals surface area (Å²) in [6, 6.07) is -2.75. The fourth-order valence-electron chi connectivity index (χ4n) is 1.91. The van der Waals surface area contributed by atoms with Crippen molar-refractivity contribution in [1.82, 2.24) is 10.2 Å². The van der Waals surface area contributed by atoms with Crippen LogP contribution in [0.2, 0.25) is 0 Å². The minimum atomic E-state index is -1.38. The van der Waals surface area contributed by atoms with Gasteiger partial charge in [0.15, 0.2) is 6.04 Å². The molecule has 0 bridgehead atoms. The molecular formula is C11H18N2O6. The molecule has 1 aliphatic rings. The monoisotopic (exact) mass is 274 g/mol. The first-order valence-electron chi connectivity index (χ1n) is 6.08. The molecule has 1 saturated heterocycles. The summed E-state index contributed by atoms with van der Waals surface area (Å²) in [5.74, 6) is -1.83. The number of hydrogen-bond donors (Lipinski definition) is 3. The number of ether oxygens (including phenoxy) is 1. The maximum Gasteiger partial charge on any atom is 0.328 e. The summed E-state index contributed by atoms with van der Waals surface area (Å²) >= 11 is 0. The van der Waals surface area contributed by atoms with Crippen molar-refractivity contribution in [3.8, 4) is 0 Å². The maximum absolute atomic E-state index is 11.9. The van der Waals surface area contributed by atoms with E-state index in [-0.39, 0.29) is 6.61 Å². The van der Waals surface area contributed by atoms with Crippen LogP contribution >= 0.6 is 0 Å². The van der Waals surface area contributed by atoms with Crippen molar-refractivity contribution in [2.24, 2.45) is 0 Å². The van der Waals surface area contributed by atoms with Gasteiger partial charge in [0, 0.05) is 6.54 Å². The molecule has 8 heteroatoms. The largest absolute Gasteiger partial charge is 0.480 e. The van der Waals surface area contributed by atoms with Gasteiger partial charge in [0.05, 0.1) is 13.2 Å². The van der Waals surface area contributed by atoms with Gasteiger partial charge in [0.2, 0.25) is 0 Å². The topological polar surface area (TPSA) is 116 Å². The van der Waals surface area contributed by atoms with Gasteiger partial charge in [-0.3, -0.25) is 0 Å². The zero-order valence-corrected chi connectivity index (χ0v) is 10.7. The molecule has 3 N–H and O–H groups in total. The van der Waals surface area contributed by atoms with Crippen molar-refractivity contribution < 1.29 is 29.3 Å². The third kappa shape index (κ3) is 3.82. The third-order valence-electron chi connectivity index (χ3n) is 2.85. The predicted molar refractivity (Wildman–Crippen MR) is 63.4 cm³/mol. The third-order valence-corrected chi connectivity index (χ3v) is 2.85. The van der Waals surface area contributed by atoms with Crippen LogP contribution in [0.4, 0.5) is 4.79 Å². The van der Waals surface area contributed by atoms with Gasteiger partial charge in [-0.15, -0.1) is 0 Å². The Morgan fingerprint density at radius 1 is 1.47 bits per heavy atom. The lowest BCUT2D eigenvalue weighted by molar-refractivity contribution is -0.147. The number of urea groups is 1. The molecule has 1 unspecified atom stereocenters. The van der Waals surface area contributed by atoms with E-state index in [1.165, 1.54) is 4.90 Å². The van der Waals surface area contributed by atoms with Crippen LogP contribution in [0.1, 0.15) is 19.8 Å². The lowest BCUT2D eigenvalue weighted by Crippen LogP contribution is -2.52. The summed E-state index contributed by atoms with van der Waals surface area (Å²) in [5, 5.41) is 19.7. The smallest absolute Gasteiger partial charge is 0.328 e. The normalized spacial score (nSPS) is 19.9. The zero-order chi connectivity index (χ0) is 14.4. The van der Waals surface area contributed by atoms with E-state index in [0.717, 1.165) is 0 Å². The number of carboxylic acid groups (broad SMARTS) is 1. The van der Waals surface area contributed by atoms with Gasteiger partial charge in [-0.1, -0.05) is 0 Å². The number of hydrogen-bond acceptors (Lipinski definition) is 5. The molecule has 0 aliphatic carbocycles. The van der Waals surface area contributed by atoms with E-state index >= 15 is 0 Å². The second-order valence-electron chi connectivity index (χ2n) is 4.13. The second kappa shape index (κ2) is 6.93. The molecule has 19 heavy (non-hydrogen) atoms. The highest BCUT2D eigenvalue weighted by Crippen LogP contribution is 2.18. The number of likely N-dealkylation sites (tertiary alicyclic amines) is 1. The van der Waals surface area contributed by atoms with Gasteiger partial charge in [0.25, 0.3) is 0 Å². The van der Waals surface area contributed by atoms with Crippen molar-refractivity contribution in [3.63, 3.8) is 0 Å². The zero-order valence-electron chi connectivity index (χ0n) is 10.7. The molecule has 0 spiro atoms. The molecule has 2 amide bonds. The van der Waals surface area contributed by atoms with Crippen molar-refractivity contribution in [2.75, 3.05) is 19.8 Å². The molecule has 0 aromatic heterocycles. The molecule has 1 rings (SSSR count). The molecular weight excluding hydrogens is 256 g/mol. The number of amides is 2. The standard InChI is InChI=1S/C11H18N2O6/c1-2-19-10(17)8-4-3-5-13(8)11(18)12-7(6-14)9(15)16/h7-8,14H,2-6H2,1H3,(H,12,18)(H,15,16)/t7-,8?/m0/s1. The van der Waals surface area contributed by atoms with Gasteiger partial charge < -0.3 is 25.2 Å². The van der Waals surface area contributed by atoms with Crippen LogP contribution in [0.25, 0.3) is 0 Å². The van der Waals surface area contributed by atoms with Crippen molar-refractivity contribution in [3.05, 3.63) is 0 Å². The summed E-state index contributed by atoms with van der Waals surface area (Å²) < 4.78 is 4.86. The number of rotatable bonds is 5. The highest BCUT2D eigenvalue weighted by molar-refractivity contribution is 5.87. The number of aliphatic hydroxyl groups excluding tert-OH is 1. The van der Waals surface area contributed by atoms with Crippen LogP contribution in [0.5, 0.6) is 0 Å². The number of nitrogens with one attached hydrogen (secondary N) is 1. The average Bonchev–Trinajstić information content (AvgIpc) is 2.84. The molecule has 108 valence electrons. The Morgan fingerprint density at radius 3 is 2.68 bits per heavy atom. The molecule has 1 heterocycles. The van der Waals surface area contributed by atoms with Crippen molar-refractivity contribution >= 4 is 18.0 Å². The average molecular weight is 274 g/mol. The number of aliphatic hydroxyl groups is 1. The van der Waals surface area contributed by atoms with Crippen molar-refractivity contribution in [1.29, 1.82) is 0 Å². The summed E-state index contributed by atoms with van der Waals surface area (Å²) in [5.41, 5.74) is 0. The van der Waals surface area contributed by atoms with Gasteiger partial charge in [-0.05, 0) is 19.8 Å². The van der Waals surface area contributed by atoms with Gasteiger partial charge >= 0.3 is 18.0 Å². The minimum absolute atomic E-state index is 0.221. The first kappa shape index (κ1) is 15.2. The van der Waals surface area contributed by atoms with E-state index < -0.39 is 36.7 Å². The predicted octanol–water partition coefficient (Wildman–Crippen LogP) is -0.831. The van der Waals surface area contributed by atoms with Crippen LogP contribution in [0.3, 0.4) is 0 Å². The SMILES string of the molecule is CCOC(=O)C1CCCN1C(=O)N[C@@H](CO)C(=O)O. The number of carbonyl (C=O) groups excluding carboxylic acids is 2. The number of nitrogens with zero attached hydrogens (tertiary/aromatic N) is 1. The fraction of sp³-hybridized carbons (Fsp3) is 0.727. The fourth-order valence-corrected chi connectivity index (χ4v) is 1.91. The Bertz CT molecular complexity index is 359. The Morgan fingerprint density at radius 2 is 2.16 bits per heavy atom. The lowest BCUT2D eigenvalue weighted by Gasteiger charge is -2.24. The minimum Gasteiger partial charge on any atom is -0.480 e. The Labute approximate surface area is 110 Å². The van der Waals surface area contributed by atoms with Crippen LogP contribution in [0.15, 0.2) is 0 Å². The molecule has 0 aromatic rings. The van der Waals surface area contributed by atoms with E-state index in [2.05, 4.69) is 5.32 Å². The number of carbonyl (C=O) groups is 3. The first-order chi connectivity index (χ1) is 9.01. The van der Waals surface area contributed by atoms with E-state index in [1.807, 2.05) is 0 Å². The summed E-state index contributed by atoms with van der Waals surface area (Å²) in [7, 11) is 0. The quantitative estimate of drug-likeness (QED) is 0.563. The number of aliphatic carboxylic acids is 1. The Balaban J connectivity index is 2.64. The van der Waals surface area contributed by atoms with E-state index in [1.54, 1.807) is 6.92 Å². The Kier molecular flexibility index (Phi) is 5.56. The lowest BCUT2D eigenvalue weighted by atomic mass is 10.2. The van der Waals surface area contributed by atoms with Crippen LogP contribution in [-0.2, 0) is 14.3 Å². The summed E-state index contributed by atoms with van der Waals surface area (Å²) in [4.78, 5) is 35.5. The first-order valence-corrected chi connectivity index (χ1v) is 6.08. The van der Waals surface area contributed by atoms with Crippen LogP contribution in [-0.4, -0.2) is 64.9 Å². The second-order valence-corrected chi connectivity index (χ2v) is 4.13. The number of carboxylic acids is 1. The summed E-state index contributed by atoms with van der Waals surface area (Å²) in [6.07, 6.45) is 1.14. The summed E-state index contributed by atoms with van der Waals surface area (Å²) in [6.45, 7) is 1.54. The maximum atomic E-state index is 11.9.